The number of unbranched alkanes of at least 4 members (excludes halogenated alkanes) is 1. The van der Waals surface area contributed by atoms with Gasteiger partial charge in [-0.3, -0.25) is 0 Å². The molecule has 1 aliphatic rings. The Hall–Kier alpha value is -0.0900. The van der Waals surface area contributed by atoms with Crippen molar-refractivity contribution in [2.45, 2.75) is 70.1 Å². The summed E-state index contributed by atoms with van der Waals surface area (Å²) in [5, 5.41) is 3.07. The zero-order chi connectivity index (χ0) is 13.6. The number of rotatable bonds is 7. The minimum absolute atomic E-state index is 0.153. The number of hydrogen-bond donors (Lipinski definition) is 1. The van der Waals surface area contributed by atoms with Crippen LogP contribution >= 0.6 is 0 Å². The predicted molar refractivity (Wildman–Crippen MR) is 77.6 cm³/mol. The van der Waals surface area contributed by atoms with Gasteiger partial charge in [-0.2, -0.15) is 0 Å². The lowest BCUT2D eigenvalue weighted by Gasteiger charge is -2.35. The van der Waals surface area contributed by atoms with Gasteiger partial charge in [-0.05, 0) is 38.6 Å². The summed E-state index contributed by atoms with van der Waals surface area (Å²) < 4.78 is 24.8. The molecule has 1 saturated carbocycles. The van der Waals surface area contributed by atoms with Crippen LogP contribution in [0.25, 0.3) is 0 Å². The molecule has 108 valence electrons. The van der Waals surface area contributed by atoms with Crippen molar-refractivity contribution in [1.82, 2.24) is 5.32 Å². The van der Waals surface area contributed by atoms with E-state index in [2.05, 4.69) is 12.2 Å². The van der Waals surface area contributed by atoms with Crippen LogP contribution < -0.4 is 5.32 Å². The second kappa shape index (κ2) is 7.49. The average Bonchev–Trinajstić information content (AvgIpc) is 2.37. The minimum Gasteiger partial charge on any atom is -0.316 e. The summed E-state index contributed by atoms with van der Waals surface area (Å²) >= 11 is 0. The monoisotopic (exact) mass is 275 g/mol. The Morgan fingerprint density at radius 3 is 2.44 bits per heavy atom. The van der Waals surface area contributed by atoms with Crippen molar-refractivity contribution in [3.63, 3.8) is 0 Å². The van der Waals surface area contributed by atoms with Crippen molar-refractivity contribution < 1.29 is 8.42 Å². The summed E-state index contributed by atoms with van der Waals surface area (Å²) in [6.45, 7) is 4.23. The molecule has 0 spiro atoms. The molecule has 0 aliphatic heterocycles. The highest BCUT2D eigenvalue weighted by Gasteiger charge is 2.37. The van der Waals surface area contributed by atoms with Crippen LogP contribution in [0.5, 0.6) is 0 Å². The van der Waals surface area contributed by atoms with Gasteiger partial charge < -0.3 is 5.32 Å². The fourth-order valence-electron chi connectivity index (χ4n) is 3.11. The molecule has 0 aromatic carbocycles. The van der Waals surface area contributed by atoms with Crippen LogP contribution in [0.15, 0.2) is 0 Å². The standard InChI is InChI=1S/C14H29NO2S/c1-4-6-10-18(16,17)14-11-12(7-5-2)8-9-13(14)15-3/h12-15H,4-11H2,1-3H3. The van der Waals surface area contributed by atoms with Crippen molar-refractivity contribution >= 4 is 9.84 Å². The van der Waals surface area contributed by atoms with E-state index in [0.29, 0.717) is 11.7 Å². The maximum Gasteiger partial charge on any atom is 0.154 e. The van der Waals surface area contributed by atoms with Crippen molar-refractivity contribution in [1.29, 1.82) is 0 Å². The zero-order valence-electron chi connectivity index (χ0n) is 12.1. The van der Waals surface area contributed by atoms with Crippen LogP contribution in [0.3, 0.4) is 0 Å². The highest BCUT2D eigenvalue weighted by atomic mass is 32.2. The molecule has 1 rings (SSSR count). The molecule has 3 atom stereocenters. The Morgan fingerprint density at radius 1 is 1.17 bits per heavy atom. The molecule has 3 unspecified atom stereocenters. The molecule has 1 N–H and O–H groups in total. The van der Waals surface area contributed by atoms with E-state index in [1.54, 1.807) is 0 Å². The fraction of sp³-hybridized carbons (Fsp3) is 1.00. The first-order chi connectivity index (χ1) is 8.55. The Kier molecular flexibility index (Phi) is 6.64. The van der Waals surface area contributed by atoms with E-state index in [4.69, 9.17) is 0 Å². The maximum atomic E-state index is 12.4. The van der Waals surface area contributed by atoms with E-state index in [1.807, 2.05) is 14.0 Å². The fourth-order valence-corrected chi connectivity index (χ4v) is 5.44. The summed E-state index contributed by atoms with van der Waals surface area (Å²) in [4.78, 5) is 0. The quantitative estimate of drug-likeness (QED) is 0.777. The topological polar surface area (TPSA) is 46.2 Å². The summed E-state index contributed by atoms with van der Waals surface area (Å²) in [7, 11) is -1.02. The van der Waals surface area contributed by atoms with Crippen LogP contribution in [-0.2, 0) is 9.84 Å². The lowest BCUT2D eigenvalue weighted by Crippen LogP contribution is -2.47. The van der Waals surface area contributed by atoms with Crippen LogP contribution in [-0.4, -0.2) is 32.5 Å². The minimum atomic E-state index is -2.92. The van der Waals surface area contributed by atoms with Gasteiger partial charge in [0, 0.05) is 6.04 Å². The molecule has 0 aromatic rings. The molecule has 0 amide bonds. The van der Waals surface area contributed by atoms with Gasteiger partial charge in [0.15, 0.2) is 9.84 Å². The third kappa shape index (κ3) is 4.23. The molecule has 0 aromatic heterocycles. The molecule has 3 nitrogen and oxygen atoms in total. The van der Waals surface area contributed by atoms with Gasteiger partial charge in [0.25, 0.3) is 0 Å². The molecule has 1 aliphatic carbocycles. The number of sulfone groups is 1. The summed E-state index contributed by atoms with van der Waals surface area (Å²) in [5.41, 5.74) is 0. The Labute approximate surface area is 113 Å². The third-order valence-corrected chi connectivity index (χ3v) is 6.51. The van der Waals surface area contributed by atoms with Crippen molar-refractivity contribution in [3.8, 4) is 0 Å². The van der Waals surface area contributed by atoms with E-state index >= 15 is 0 Å². The van der Waals surface area contributed by atoms with Gasteiger partial charge in [-0.1, -0.05) is 33.1 Å². The first-order valence-corrected chi connectivity index (χ1v) is 9.15. The first-order valence-electron chi connectivity index (χ1n) is 7.44. The summed E-state index contributed by atoms with van der Waals surface area (Å²) in [6, 6.07) is 0.167. The number of nitrogens with one attached hydrogen (secondary N) is 1. The predicted octanol–water partition coefficient (Wildman–Crippen LogP) is 2.76. The maximum absolute atomic E-state index is 12.4. The largest absolute Gasteiger partial charge is 0.316 e. The molecular formula is C14H29NO2S. The van der Waals surface area contributed by atoms with Crippen molar-refractivity contribution in [2.24, 2.45) is 5.92 Å². The summed E-state index contributed by atoms with van der Waals surface area (Å²) in [6.07, 6.45) is 7.15. The van der Waals surface area contributed by atoms with Crippen LogP contribution in [0.2, 0.25) is 0 Å². The van der Waals surface area contributed by atoms with Crippen molar-refractivity contribution in [2.75, 3.05) is 12.8 Å². The molecule has 0 bridgehead atoms. The van der Waals surface area contributed by atoms with Gasteiger partial charge >= 0.3 is 0 Å². The van der Waals surface area contributed by atoms with E-state index in [1.165, 1.54) is 12.8 Å². The normalized spacial score (nSPS) is 29.4. The average molecular weight is 275 g/mol. The lowest BCUT2D eigenvalue weighted by molar-refractivity contribution is 0.288. The lowest BCUT2D eigenvalue weighted by atomic mass is 9.83. The smallest absolute Gasteiger partial charge is 0.154 e. The first kappa shape index (κ1) is 16.0. The molecule has 1 fully saturated rings. The highest BCUT2D eigenvalue weighted by Crippen LogP contribution is 2.32. The molecule has 0 heterocycles. The Morgan fingerprint density at radius 2 is 1.89 bits per heavy atom. The van der Waals surface area contributed by atoms with Gasteiger partial charge in [0.1, 0.15) is 0 Å². The molecule has 4 heteroatoms. The van der Waals surface area contributed by atoms with E-state index in [0.717, 1.165) is 32.1 Å². The summed E-state index contributed by atoms with van der Waals surface area (Å²) in [5.74, 6) is 0.978. The second-order valence-corrected chi connectivity index (χ2v) is 7.96. The zero-order valence-corrected chi connectivity index (χ0v) is 12.9. The van der Waals surface area contributed by atoms with Crippen molar-refractivity contribution in [3.05, 3.63) is 0 Å². The van der Waals surface area contributed by atoms with Crippen LogP contribution in [0, 0.1) is 5.92 Å². The molecular weight excluding hydrogens is 246 g/mol. The SMILES string of the molecule is CCCCS(=O)(=O)C1CC(CCC)CCC1NC. The van der Waals surface area contributed by atoms with Gasteiger partial charge in [-0.15, -0.1) is 0 Å². The molecule has 18 heavy (non-hydrogen) atoms. The molecule has 0 saturated heterocycles. The second-order valence-electron chi connectivity index (χ2n) is 5.62. The van der Waals surface area contributed by atoms with E-state index in [-0.39, 0.29) is 11.3 Å². The van der Waals surface area contributed by atoms with E-state index < -0.39 is 9.84 Å². The number of hydrogen-bond acceptors (Lipinski definition) is 3. The van der Waals surface area contributed by atoms with Crippen LogP contribution in [0.4, 0.5) is 0 Å². The highest BCUT2D eigenvalue weighted by molar-refractivity contribution is 7.92. The van der Waals surface area contributed by atoms with Crippen LogP contribution in [0.1, 0.15) is 58.8 Å². The Balaban J connectivity index is 2.73. The van der Waals surface area contributed by atoms with Gasteiger partial charge in [0.05, 0.1) is 11.0 Å². The van der Waals surface area contributed by atoms with Gasteiger partial charge in [0.2, 0.25) is 0 Å². The van der Waals surface area contributed by atoms with E-state index in [9.17, 15) is 8.42 Å². The molecule has 0 radical (unpaired) electrons. The third-order valence-electron chi connectivity index (χ3n) is 4.21. The Bertz CT molecular complexity index is 327. The van der Waals surface area contributed by atoms with Gasteiger partial charge in [-0.25, -0.2) is 8.42 Å².